The van der Waals surface area contributed by atoms with E-state index in [9.17, 15) is 0 Å². The lowest BCUT2D eigenvalue weighted by Gasteiger charge is -2.10. The van der Waals surface area contributed by atoms with Crippen LogP contribution in [0.3, 0.4) is 0 Å². The van der Waals surface area contributed by atoms with E-state index in [0.29, 0.717) is 6.61 Å². The number of benzene rings is 1. The summed E-state index contributed by atoms with van der Waals surface area (Å²) in [7, 11) is 0. The quantitative estimate of drug-likeness (QED) is 0.860. The van der Waals surface area contributed by atoms with E-state index in [2.05, 4.69) is 34.9 Å². The van der Waals surface area contributed by atoms with Crippen molar-refractivity contribution in [2.45, 2.75) is 46.4 Å². The highest BCUT2D eigenvalue weighted by atomic mass is 79.9. The molecule has 0 bridgehead atoms. The third kappa shape index (κ3) is 3.66. The zero-order chi connectivity index (χ0) is 15.4. The molecule has 4 nitrogen and oxygen atoms in total. The fourth-order valence-electron chi connectivity index (χ4n) is 2.17. The summed E-state index contributed by atoms with van der Waals surface area (Å²) >= 11 is 3.63. The molecule has 0 saturated carbocycles. The fourth-order valence-corrected chi connectivity index (χ4v) is 2.85. The molecule has 0 spiro atoms. The number of halogens is 1. The molecule has 0 radical (unpaired) electrons. The van der Waals surface area contributed by atoms with Crippen molar-refractivity contribution in [1.29, 1.82) is 0 Å². The maximum atomic E-state index is 5.88. The molecule has 2 N–H and O–H groups in total. The Balaban J connectivity index is 2.10. The van der Waals surface area contributed by atoms with Gasteiger partial charge >= 0.3 is 0 Å². The van der Waals surface area contributed by atoms with Crippen LogP contribution in [0, 0.1) is 0 Å². The minimum atomic E-state index is 0.0434. The van der Waals surface area contributed by atoms with Gasteiger partial charge < -0.3 is 10.5 Å². The third-order valence-corrected chi connectivity index (χ3v) is 4.39. The number of ether oxygens (including phenoxy) is 1. The number of rotatable bonds is 6. The molecular weight excluding hydrogens is 330 g/mol. The van der Waals surface area contributed by atoms with E-state index in [1.54, 1.807) is 0 Å². The van der Waals surface area contributed by atoms with Crippen LogP contribution in [0.1, 0.15) is 43.8 Å². The predicted molar refractivity (Wildman–Crippen MR) is 88.4 cm³/mol. The molecule has 21 heavy (non-hydrogen) atoms. The molecule has 1 aromatic carbocycles. The summed E-state index contributed by atoms with van der Waals surface area (Å²) in [6.45, 7) is 7.49. The van der Waals surface area contributed by atoms with Crippen molar-refractivity contribution in [3.8, 4) is 5.75 Å². The molecule has 1 aromatic heterocycles. The number of hydrogen-bond donors (Lipinski definition) is 1. The van der Waals surface area contributed by atoms with Crippen LogP contribution in [0.15, 0.2) is 28.7 Å². The van der Waals surface area contributed by atoms with Crippen LogP contribution in [0.5, 0.6) is 5.75 Å². The van der Waals surface area contributed by atoms with Gasteiger partial charge in [0.15, 0.2) is 0 Å². The topological polar surface area (TPSA) is 53.1 Å². The summed E-state index contributed by atoms with van der Waals surface area (Å²) in [6.07, 6.45) is 0.906. The number of nitrogens with zero attached hydrogens (tertiary/aromatic N) is 2. The van der Waals surface area contributed by atoms with Crippen LogP contribution in [0.2, 0.25) is 0 Å². The number of aryl methyl sites for hydroxylation is 2. The summed E-state index contributed by atoms with van der Waals surface area (Å²) < 4.78 is 8.92. The largest absolute Gasteiger partial charge is 0.487 e. The van der Waals surface area contributed by atoms with Crippen molar-refractivity contribution in [3.05, 3.63) is 45.7 Å². The average molecular weight is 352 g/mol. The van der Waals surface area contributed by atoms with Crippen LogP contribution in [-0.2, 0) is 19.6 Å². The third-order valence-electron chi connectivity index (χ3n) is 3.48. The average Bonchev–Trinajstić information content (AvgIpc) is 2.81. The monoisotopic (exact) mass is 351 g/mol. The van der Waals surface area contributed by atoms with E-state index in [-0.39, 0.29) is 6.04 Å². The molecule has 2 rings (SSSR count). The lowest BCUT2D eigenvalue weighted by Crippen LogP contribution is -2.07. The zero-order valence-corrected chi connectivity index (χ0v) is 14.4. The maximum Gasteiger partial charge on any atom is 0.131 e. The minimum Gasteiger partial charge on any atom is -0.487 e. The second-order valence-corrected chi connectivity index (χ2v) is 5.82. The Hall–Kier alpha value is -1.33. The molecule has 1 atom stereocenters. The fraction of sp³-hybridized carbons (Fsp3) is 0.438. The van der Waals surface area contributed by atoms with Crippen LogP contribution in [0.4, 0.5) is 0 Å². The first kappa shape index (κ1) is 16.0. The molecule has 0 fully saturated rings. The van der Waals surface area contributed by atoms with Gasteiger partial charge in [0.05, 0.1) is 15.9 Å². The zero-order valence-electron chi connectivity index (χ0n) is 12.8. The molecule has 0 aliphatic carbocycles. The highest BCUT2D eigenvalue weighted by Gasteiger charge is 2.14. The molecule has 1 unspecified atom stereocenters. The lowest BCUT2D eigenvalue weighted by molar-refractivity contribution is 0.291. The standard InChI is InChI=1S/C16H22BrN3O/c1-4-14-16(17)15(20(5-2)19-14)10-21-13-8-6-12(7-9-13)11(3)18/h6-9,11H,4-5,10,18H2,1-3H3. The lowest BCUT2D eigenvalue weighted by atomic mass is 10.1. The summed E-state index contributed by atoms with van der Waals surface area (Å²) in [5, 5.41) is 4.57. The molecular formula is C16H22BrN3O. The smallest absolute Gasteiger partial charge is 0.131 e. The Morgan fingerprint density at radius 1 is 1.29 bits per heavy atom. The summed E-state index contributed by atoms with van der Waals surface area (Å²) in [5.41, 5.74) is 9.10. The van der Waals surface area contributed by atoms with Crippen LogP contribution < -0.4 is 10.5 Å². The summed E-state index contributed by atoms with van der Waals surface area (Å²) in [5.74, 6) is 0.841. The molecule has 5 heteroatoms. The van der Waals surface area contributed by atoms with Gasteiger partial charge in [-0.25, -0.2) is 0 Å². The Kier molecular flexibility index (Phi) is 5.42. The van der Waals surface area contributed by atoms with Crippen LogP contribution >= 0.6 is 15.9 Å². The summed E-state index contributed by atoms with van der Waals surface area (Å²) in [6, 6.07) is 7.97. The van der Waals surface area contributed by atoms with Gasteiger partial charge in [0, 0.05) is 12.6 Å². The van der Waals surface area contributed by atoms with Crippen LogP contribution in [-0.4, -0.2) is 9.78 Å². The highest BCUT2D eigenvalue weighted by Crippen LogP contribution is 2.24. The summed E-state index contributed by atoms with van der Waals surface area (Å²) in [4.78, 5) is 0. The number of aromatic nitrogens is 2. The van der Waals surface area contributed by atoms with Gasteiger partial charge in [0.25, 0.3) is 0 Å². The first-order valence-corrected chi connectivity index (χ1v) is 8.08. The molecule has 114 valence electrons. The normalized spacial score (nSPS) is 12.4. The van der Waals surface area contributed by atoms with Crippen molar-refractivity contribution < 1.29 is 4.74 Å². The molecule has 0 aliphatic rings. The van der Waals surface area contributed by atoms with Gasteiger partial charge in [-0.1, -0.05) is 19.1 Å². The Morgan fingerprint density at radius 3 is 2.48 bits per heavy atom. The maximum absolute atomic E-state index is 5.88. The second-order valence-electron chi connectivity index (χ2n) is 5.02. The van der Waals surface area contributed by atoms with Crippen molar-refractivity contribution in [1.82, 2.24) is 9.78 Å². The van der Waals surface area contributed by atoms with Gasteiger partial charge in [-0.2, -0.15) is 5.10 Å². The van der Waals surface area contributed by atoms with E-state index in [4.69, 9.17) is 10.5 Å². The van der Waals surface area contributed by atoms with E-state index >= 15 is 0 Å². The Bertz CT molecular complexity index is 590. The van der Waals surface area contributed by atoms with Crippen molar-refractivity contribution >= 4 is 15.9 Å². The molecule has 2 aromatic rings. The van der Waals surface area contributed by atoms with E-state index in [1.807, 2.05) is 35.9 Å². The van der Waals surface area contributed by atoms with Gasteiger partial charge in [-0.3, -0.25) is 4.68 Å². The number of nitrogens with two attached hydrogens (primary N) is 1. The van der Waals surface area contributed by atoms with E-state index < -0.39 is 0 Å². The van der Waals surface area contributed by atoms with Crippen LogP contribution in [0.25, 0.3) is 0 Å². The molecule has 0 saturated heterocycles. The first-order valence-electron chi connectivity index (χ1n) is 7.29. The number of hydrogen-bond acceptors (Lipinski definition) is 3. The molecule has 1 heterocycles. The molecule has 0 amide bonds. The van der Waals surface area contributed by atoms with Crippen molar-refractivity contribution in [2.24, 2.45) is 5.73 Å². The van der Waals surface area contributed by atoms with Gasteiger partial charge in [-0.15, -0.1) is 0 Å². The van der Waals surface area contributed by atoms with E-state index in [0.717, 1.165) is 40.1 Å². The molecule has 0 aliphatic heterocycles. The van der Waals surface area contributed by atoms with Gasteiger partial charge in [0.2, 0.25) is 0 Å². The van der Waals surface area contributed by atoms with Crippen molar-refractivity contribution in [2.75, 3.05) is 0 Å². The predicted octanol–water partition coefficient (Wildman–Crippen LogP) is 3.83. The van der Waals surface area contributed by atoms with E-state index in [1.165, 1.54) is 0 Å². The van der Waals surface area contributed by atoms with Gasteiger partial charge in [0.1, 0.15) is 12.4 Å². The minimum absolute atomic E-state index is 0.0434. The van der Waals surface area contributed by atoms with Crippen molar-refractivity contribution in [3.63, 3.8) is 0 Å². The second kappa shape index (κ2) is 7.09. The Morgan fingerprint density at radius 2 is 1.95 bits per heavy atom. The SMILES string of the molecule is CCc1nn(CC)c(COc2ccc(C(C)N)cc2)c1Br. The first-order chi connectivity index (χ1) is 10.1. The van der Waals surface area contributed by atoms with Gasteiger partial charge in [-0.05, 0) is 53.9 Å². The highest BCUT2D eigenvalue weighted by molar-refractivity contribution is 9.10. The Labute approximate surface area is 134 Å².